The average molecular weight is 169 g/mol. The molecule has 0 aliphatic carbocycles. The van der Waals surface area contributed by atoms with Crippen LogP contribution >= 0.6 is 0 Å². The molecule has 12 heavy (non-hydrogen) atoms. The van der Waals surface area contributed by atoms with Crippen molar-refractivity contribution in [2.24, 2.45) is 0 Å². The van der Waals surface area contributed by atoms with E-state index in [0.717, 1.165) is 0 Å². The number of carbonyl (C=O) groups excluding carboxylic acids is 1. The molecule has 0 aromatic heterocycles. The molecule has 2 atom stereocenters. The minimum atomic E-state index is 0.307. The van der Waals surface area contributed by atoms with Crippen LogP contribution in [0.4, 0.5) is 0 Å². The molecule has 0 aromatic rings. The molecule has 2 nitrogen and oxygen atoms in total. The Kier molecular flexibility index (Phi) is 3.27. The highest BCUT2D eigenvalue weighted by atomic mass is 16.1. The highest BCUT2D eigenvalue weighted by Crippen LogP contribution is 2.20. The van der Waals surface area contributed by atoms with Crippen molar-refractivity contribution >= 4 is 5.78 Å². The molecule has 1 fully saturated rings. The van der Waals surface area contributed by atoms with Crippen molar-refractivity contribution in [2.75, 3.05) is 6.54 Å². The Morgan fingerprint density at radius 1 is 1.67 bits per heavy atom. The molecule has 1 rings (SSSR count). The summed E-state index contributed by atoms with van der Waals surface area (Å²) in [4.78, 5) is 13.3. The first-order chi connectivity index (χ1) is 5.61. The molecule has 0 radical (unpaired) electrons. The molecule has 0 amide bonds. The molecule has 0 saturated carbocycles. The number of carbonyl (C=O) groups is 1. The average Bonchev–Trinajstić information content (AvgIpc) is 2.33. The summed E-state index contributed by atoms with van der Waals surface area (Å²) >= 11 is 0. The van der Waals surface area contributed by atoms with Crippen LogP contribution in [-0.2, 0) is 4.79 Å². The van der Waals surface area contributed by atoms with Crippen LogP contribution in [-0.4, -0.2) is 29.3 Å². The van der Waals surface area contributed by atoms with Gasteiger partial charge in [0.25, 0.3) is 0 Å². The van der Waals surface area contributed by atoms with Crippen molar-refractivity contribution in [3.63, 3.8) is 0 Å². The number of rotatable bonds is 3. The second kappa shape index (κ2) is 4.04. The van der Waals surface area contributed by atoms with Gasteiger partial charge in [-0.05, 0) is 40.2 Å². The van der Waals surface area contributed by atoms with Crippen molar-refractivity contribution in [2.45, 2.75) is 52.1 Å². The first kappa shape index (κ1) is 9.72. The second-order valence-electron chi connectivity index (χ2n) is 3.98. The Morgan fingerprint density at radius 3 is 2.75 bits per heavy atom. The summed E-state index contributed by atoms with van der Waals surface area (Å²) < 4.78 is 0. The van der Waals surface area contributed by atoms with Gasteiger partial charge in [0.1, 0.15) is 5.78 Å². The molecular formula is C10H19NO. The number of hydrogen-bond donors (Lipinski definition) is 0. The van der Waals surface area contributed by atoms with Gasteiger partial charge in [-0.25, -0.2) is 0 Å². The monoisotopic (exact) mass is 169 g/mol. The lowest BCUT2D eigenvalue weighted by Gasteiger charge is -2.27. The third-order valence-corrected chi connectivity index (χ3v) is 2.75. The predicted octanol–water partition coefficient (Wildman–Crippen LogP) is 1.84. The molecule has 0 bridgehead atoms. The highest BCUT2D eigenvalue weighted by molar-refractivity contribution is 5.76. The van der Waals surface area contributed by atoms with Gasteiger partial charge < -0.3 is 0 Å². The van der Waals surface area contributed by atoms with Gasteiger partial charge in [-0.2, -0.15) is 0 Å². The maximum absolute atomic E-state index is 10.9. The summed E-state index contributed by atoms with van der Waals surface area (Å²) in [5.74, 6) is 0.307. The highest BCUT2D eigenvalue weighted by Gasteiger charge is 2.25. The topological polar surface area (TPSA) is 20.3 Å². The summed E-state index contributed by atoms with van der Waals surface area (Å²) in [6.07, 6.45) is 3.30. The van der Waals surface area contributed by atoms with Gasteiger partial charge in [0.05, 0.1) is 0 Å². The number of hydrogen-bond acceptors (Lipinski definition) is 2. The van der Waals surface area contributed by atoms with Crippen LogP contribution in [0.2, 0.25) is 0 Å². The molecule has 70 valence electrons. The second-order valence-corrected chi connectivity index (χ2v) is 3.98. The maximum Gasteiger partial charge on any atom is 0.131 e. The van der Waals surface area contributed by atoms with Gasteiger partial charge in [-0.1, -0.05) is 0 Å². The molecule has 0 aromatic carbocycles. The van der Waals surface area contributed by atoms with Crippen LogP contribution in [0, 0.1) is 0 Å². The Balaban J connectivity index is 2.40. The quantitative estimate of drug-likeness (QED) is 0.642. The lowest BCUT2D eigenvalue weighted by Crippen LogP contribution is -2.36. The van der Waals surface area contributed by atoms with Crippen molar-refractivity contribution in [3.8, 4) is 0 Å². The van der Waals surface area contributed by atoms with E-state index in [0.29, 0.717) is 24.3 Å². The number of likely N-dealkylation sites (tertiary alicyclic amines) is 1. The van der Waals surface area contributed by atoms with Crippen LogP contribution in [0.1, 0.15) is 40.0 Å². The minimum Gasteiger partial charge on any atom is -0.300 e. The standard InChI is InChI=1S/C10H19NO/c1-8-5-4-6-11(8)9(2)7-10(3)12/h8-9H,4-7H2,1-3H3. The predicted molar refractivity (Wildman–Crippen MR) is 50.2 cm³/mol. The molecule has 1 heterocycles. The Bertz CT molecular complexity index is 167. The van der Waals surface area contributed by atoms with Crippen LogP contribution in [0.3, 0.4) is 0 Å². The Morgan fingerprint density at radius 2 is 2.33 bits per heavy atom. The van der Waals surface area contributed by atoms with E-state index in [1.165, 1.54) is 19.4 Å². The third-order valence-electron chi connectivity index (χ3n) is 2.75. The summed E-state index contributed by atoms with van der Waals surface area (Å²) in [6.45, 7) is 7.26. The van der Waals surface area contributed by atoms with Gasteiger partial charge in [-0.3, -0.25) is 9.69 Å². The zero-order chi connectivity index (χ0) is 9.14. The van der Waals surface area contributed by atoms with E-state index in [2.05, 4.69) is 18.7 Å². The van der Waals surface area contributed by atoms with Gasteiger partial charge in [0.15, 0.2) is 0 Å². The minimum absolute atomic E-state index is 0.307. The zero-order valence-corrected chi connectivity index (χ0v) is 8.34. The van der Waals surface area contributed by atoms with Crippen LogP contribution in [0.25, 0.3) is 0 Å². The summed E-state index contributed by atoms with van der Waals surface area (Å²) in [5, 5.41) is 0. The van der Waals surface area contributed by atoms with Gasteiger partial charge in [-0.15, -0.1) is 0 Å². The van der Waals surface area contributed by atoms with E-state index in [1.54, 1.807) is 6.92 Å². The van der Waals surface area contributed by atoms with Crippen LogP contribution in [0.5, 0.6) is 0 Å². The fraction of sp³-hybridized carbons (Fsp3) is 0.900. The smallest absolute Gasteiger partial charge is 0.131 e. The molecular weight excluding hydrogens is 150 g/mol. The van der Waals surface area contributed by atoms with Crippen molar-refractivity contribution in [1.82, 2.24) is 4.90 Å². The fourth-order valence-electron chi connectivity index (χ4n) is 2.14. The van der Waals surface area contributed by atoms with E-state index < -0.39 is 0 Å². The van der Waals surface area contributed by atoms with Crippen molar-refractivity contribution in [1.29, 1.82) is 0 Å². The molecule has 1 aliphatic heterocycles. The zero-order valence-electron chi connectivity index (χ0n) is 8.34. The lowest BCUT2D eigenvalue weighted by molar-refractivity contribution is -0.118. The lowest BCUT2D eigenvalue weighted by atomic mass is 10.1. The Labute approximate surface area is 74.9 Å². The molecule has 1 saturated heterocycles. The summed E-state index contributed by atoms with van der Waals surface area (Å²) in [6, 6.07) is 1.12. The molecule has 0 spiro atoms. The van der Waals surface area contributed by atoms with Gasteiger partial charge in [0.2, 0.25) is 0 Å². The van der Waals surface area contributed by atoms with Gasteiger partial charge >= 0.3 is 0 Å². The van der Waals surface area contributed by atoms with E-state index in [4.69, 9.17) is 0 Å². The maximum atomic E-state index is 10.9. The van der Waals surface area contributed by atoms with E-state index in [1.807, 2.05) is 0 Å². The molecule has 2 unspecified atom stereocenters. The van der Waals surface area contributed by atoms with E-state index in [9.17, 15) is 4.79 Å². The summed E-state index contributed by atoms with van der Waals surface area (Å²) in [5.41, 5.74) is 0. The molecule has 0 N–H and O–H groups in total. The molecule has 1 aliphatic rings. The fourth-order valence-corrected chi connectivity index (χ4v) is 2.14. The van der Waals surface area contributed by atoms with Crippen LogP contribution in [0.15, 0.2) is 0 Å². The van der Waals surface area contributed by atoms with Crippen LogP contribution < -0.4 is 0 Å². The Hall–Kier alpha value is -0.370. The summed E-state index contributed by atoms with van der Waals surface area (Å²) in [7, 11) is 0. The van der Waals surface area contributed by atoms with E-state index >= 15 is 0 Å². The van der Waals surface area contributed by atoms with Crippen molar-refractivity contribution < 1.29 is 4.79 Å². The first-order valence-electron chi connectivity index (χ1n) is 4.86. The van der Waals surface area contributed by atoms with Crippen molar-refractivity contribution in [3.05, 3.63) is 0 Å². The molecule has 2 heteroatoms. The normalized spacial score (nSPS) is 27.4. The number of ketones is 1. The largest absolute Gasteiger partial charge is 0.300 e. The third kappa shape index (κ3) is 2.31. The van der Waals surface area contributed by atoms with Gasteiger partial charge in [0, 0.05) is 18.5 Å². The number of Topliss-reactive ketones (excluding diaryl/α,β-unsaturated/α-hetero) is 1. The van der Waals surface area contributed by atoms with E-state index in [-0.39, 0.29) is 0 Å². The number of nitrogens with zero attached hydrogens (tertiary/aromatic N) is 1. The first-order valence-corrected chi connectivity index (χ1v) is 4.86. The SMILES string of the molecule is CC(=O)CC(C)N1CCCC1C.